The summed E-state index contributed by atoms with van der Waals surface area (Å²) in [6.45, 7) is 8.34. The van der Waals surface area contributed by atoms with Gasteiger partial charge >= 0.3 is 0 Å². The zero-order valence-electron chi connectivity index (χ0n) is 13.2. The zero-order valence-corrected chi connectivity index (χ0v) is 13.2. The molecule has 4 heteroatoms. The minimum Gasteiger partial charge on any atom is -0.392 e. The number of rotatable bonds is 6. The molecule has 0 amide bonds. The van der Waals surface area contributed by atoms with Gasteiger partial charge in [-0.2, -0.15) is 0 Å². The molecule has 0 aromatic heterocycles. The highest BCUT2D eigenvalue weighted by Gasteiger charge is 2.27. The number of aliphatic hydroxyl groups excluding tert-OH is 2. The minimum absolute atomic E-state index is 0.277. The average molecular weight is 292 g/mol. The van der Waals surface area contributed by atoms with Gasteiger partial charge in [-0.15, -0.1) is 0 Å². The highest BCUT2D eigenvalue weighted by Crippen LogP contribution is 2.18. The highest BCUT2D eigenvalue weighted by atomic mass is 16.3. The van der Waals surface area contributed by atoms with Crippen molar-refractivity contribution in [1.29, 1.82) is 0 Å². The van der Waals surface area contributed by atoms with Crippen molar-refractivity contribution in [1.82, 2.24) is 9.80 Å². The third-order valence-electron chi connectivity index (χ3n) is 4.27. The zero-order chi connectivity index (χ0) is 15.2. The van der Waals surface area contributed by atoms with E-state index in [0.717, 1.165) is 38.2 Å². The van der Waals surface area contributed by atoms with Gasteiger partial charge in [0.25, 0.3) is 0 Å². The molecule has 3 atom stereocenters. The van der Waals surface area contributed by atoms with Gasteiger partial charge in [-0.25, -0.2) is 0 Å². The van der Waals surface area contributed by atoms with E-state index in [1.807, 2.05) is 37.3 Å². The summed E-state index contributed by atoms with van der Waals surface area (Å²) in [5, 5.41) is 19.9. The molecule has 0 spiro atoms. The number of aliphatic hydroxyl groups is 2. The standard InChI is InChI=1S/C17H28N2O2/c1-3-16-12-18(9-10-19(16)11-14(2)20)13-17(21)15-7-5-4-6-8-15/h4-8,14,16-17,20-21H,3,9-13H2,1-2H3/t14-,16+,17+/m0/s1. The summed E-state index contributed by atoms with van der Waals surface area (Å²) in [5.41, 5.74) is 0.983. The topological polar surface area (TPSA) is 46.9 Å². The number of benzene rings is 1. The number of piperazine rings is 1. The van der Waals surface area contributed by atoms with Gasteiger partial charge in [0.05, 0.1) is 12.2 Å². The largest absolute Gasteiger partial charge is 0.392 e. The van der Waals surface area contributed by atoms with Crippen molar-refractivity contribution in [2.75, 3.05) is 32.7 Å². The first-order valence-corrected chi connectivity index (χ1v) is 7.97. The maximum Gasteiger partial charge on any atom is 0.0916 e. The van der Waals surface area contributed by atoms with Crippen molar-refractivity contribution < 1.29 is 10.2 Å². The Morgan fingerprint density at radius 1 is 1.14 bits per heavy atom. The van der Waals surface area contributed by atoms with Crippen LogP contribution in [0.4, 0.5) is 0 Å². The summed E-state index contributed by atoms with van der Waals surface area (Å²) < 4.78 is 0. The fourth-order valence-corrected chi connectivity index (χ4v) is 3.12. The lowest BCUT2D eigenvalue weighted by atomic mass is 10.1. The van der Waals surface area contributed by atoms with E-state index in [1.54, 1.807) is 0 Å². The molecule has 118 valence electrons. The molecule has 1 aliphatic rings. The lowest BCUT2D eigenvalue weighted by Crippen LogP contribution is -2.55. The Bertz CT molecular complexity index is 411. The van der Waals surface area contributed by atoms with Crippen LogP contribution in [0.15, 0.2) is 30.3 Å². The van der Waals surface area contributed by atoms with Crippen LogP contribution in [0.1, 0.15) is 31.9 Å². The van der Waals surface area contributed by atoms with E-state index in [0.29, 0.717) is 12.6 Å². The van der Waals surface area contributed by atoms with Crippen LogP contribution in [-0.4, -0.2) is 64.9 Å². The van der Waals surface area contributed by atoms with E-state index < -0.39 is 6.10 Å². The Kier molecular flexibility index (Phi) is 6.18. The lowest BCUT2D eigenvalue weighted by Gasteiger charge is -2.42. The fraction of sp³-hybridized carbons (Fsp3) is 0.647. The predicted molar refractivity (Wildman–Crippen MR) is 85.2 cm³/mol. The summed E-state index contributed by atoms with van der Waals surface area (Å²) in [4.78, 5) is 4.71. The van der Waals surface area contributed by atoms with Crippen LogP contribution >= 0.6 is 0 Å². The summed E-state index contributed by atoms with van der Waals surface area (Å²) in [5.74, 6) is 0. The summed E-state index contributed by atoms with van der Waals surface area (Å²) >= 11 is 0. The van der Waals surface area contributed by atoms with Crippen LogP contribution in [0, 0.1) is 0 Å². The maximum atomic E-state index is 10.3. The van der Waals surface area contributed by atoms with Gasteiger partial charge in [-0.05, 0) is 18.9 Å². The van der Waals surface area contributed by atoms with Gasteiger partial charge in [-0.3, -0.25) is 9.80 Å². The first-order chi connectivity index (χ1) is 10.1. The van der Waals surface area contributed by atoms with Crippen molar-refractivity contribution in [3.63, 3.8) is 0 Å². The van der Waals surface area contributed by atoms with E-state index in [2.05, 4.69) is 16.7 Å². The molecule has 1 heterocycles. The van der Waals surface area contributed by atoms with Crippen molar-refractivity contribution in [2.45, 2.75) is 38.5 Å². The molecule has 0 saturated carbocycles. The van der Waals surface area contributed by atoms with Crippen LogP contribution in [0.25, 0.3) is 0 Å². The molecule has 1 aromatic rings. The lowest BCUT2D eigenvalue weighted by molar-refractivity contribution is 0.0170. The Labute approximate surface area is 128 Å². The molecule has 0 unspecified atom stereocenters. The van der Waals surface area contributed by atoms with Gasteiger partial charge in [0.1, 0.15) is 0 Å². The molecule has 1 fully saturated rings. The summed E-state index contributed by atoms with van der Waals surface area (Å²) in [7, 11) is 0. The third kappa shape index (κ3) is 4.78. The summed E-state index contributed by atoms with van der Waals surface area (Å²) in [6.07, 6.45) is 0.373. The molecule has 0 bridgehead atoms. The van der Waals surface area contributed by atoms with Gasteiger partial charge in [-0.1, -0.05) is 37.3 Å². The second kappa shape index (κ2) is 7.90. The molecule has 0 radical (unpaired) electrons. The van der Waals surface area contributed by atoms with Crippen molar-refractivity contribution >= 4 is 0 Å². The van der Waals surface area contributed by atoms with Gasteiger partial charge in [0.2, 0.25) is 0 Å². The molecule has 0 aliphatic carbocycles. The van der Waals surface area contributed by atoms with Crippen LogP contribution < -0.4 is 0 Å². The molecule has 1 saturated heterocycles. The first kappa shape index (κ1) is 16.4. The van der Waals surface area contributed by atoms with Crippen LogP contribution in [0.3, 0.4) is 0 Å². The van der Waals surface area contributed by atoms with E-state index in [4.69, 9.17) is 0 Å². The second-order valence-electron chi connectivity index (χ2n) is 6.09. The number of nitrogens with zero attached hydrogens (tertiary/aromatic N) is 2. The Balaban J connectivity index is 1.88. The molecule has 2 N–H and O–H groups in total. The van der Waals surface area contributed by atoms with E-state index in [-0.39, 0.29) is 6.10 Å². The molecular weight excluding hydrogens is 264 g/mol. The van der Waals surface area contributed by atoms with Gasteiger partial charge in [0, 0.05) is 38.8 Å². The Morgan fingerprint density at radius 3 is 2.48 bits per heavy atom. The molecule has 1 aliphatic heterocycles. The van der Waals surface area contributed by atoms with Crippen LogP contribution in [-0.2, 0) is 0 Å². The average Bonchev–Trinajstić information content (AvgIpc) is 2.49. The third-order valence-corrected chi connectivity index (χ3v) is 4.27. The van der Waals surface area contributed by atoms with Crippen LogP contribution in [0.2, 0.25) is 0 Å². The molecule has 4 nitrogen and oxygen atoms in total. The van der Waals surface area contributed by atoms with Crippen molar-refractivity contribution in [3.8, 4) is 0 Å². The second-order valence-corrected chi connectivity index (χ2v) is 6.09. The number of hydrogen-bond acceptors (Lipinski definition) is 4. The van der Waals surface area contributed by atoms with Crippen molar-refractivity contribution in [2.24, 2.45) is 0 Å². The number of hydrogen-bond donors (Lipinski definition) is 2. The molecule has 21 heavy (non-hydrogen) atoms. The SMILES string of the molecule is CC[C@@H]1CN(C[C@@H](O)c2ccccc2)CCN1C[C@H](C)O. The summed E-state index contributed by atoms with van der Waals surface area (Å²) in [6, 6.07) is 10.3. The molecular formula is C17H28N2O2. The predicted octanol–water partition coefficient (Wildman–Crippen LogP) is 1.50. The molecule has 2 rings (SSSR count). The highest BCUT2D eigenvalue weighted by molar-refractivity contribution is 5.17. The van der Waals surface area contributed by atoms with Gasteiger partial charge < -0.3 is 10.2 Å². The van der Waals surface area contributed by atoms with Crippen molar-refractivity contribution in [3.05, 3.63) is 35.9 Å². The smallest absolute Gasteiger partial charge is 0.0916 e. The van der Waals surface area contributed by atoms with Crippen LogP contribution in [0.5, 0.6) is 0 Å². The minimum atomic E-state index is -0.424. The Morgan fingerprint density at radius 2 is 1.86 bits per heavy atom. The normalized spacial score (nSPS) is 23.9. The quantitative estimate of drug-likeness (QED) is 0.834. The monoisotopic (exact) mass is 292 g/mol. The van der Waals surface area contributed by atoms with E-state index in [9.17, 15) is 10.2 Å². The van der Waals surface area contributed by atoms with Gasteiger partial charge in [0.15, 0.2) is 0 Å². The van der Waals surface area contributed by atoms with E-state index >= 15 is 0 Å². The van der Waals surface area contributed by atoms with E-state index in [1.165, 1.54) is 0 Å². The first-order valence-electron chi connectivity index (χ1n) is 7.97. The maximum absolute atomic E-state index is 10.3. The Hall–Kier alpha value is -0.940. The number of β-amino-alcohol motifs (C(OH)–C–C–N with tert-alkyl or cyclic N) is 2. The fourth-order valence-electron chi connectivity index (χ4n) is 3.12. The molecule has 1 aromatic carbocycles.